The molecule has 0 aliphatic rings. The van der Waals surface area contributed by atoms with Crippen molar-refractivity contribution in [2.24, 2.45) is 7.05 Å². The number of hydrogen-bond acceptors (Lipinski definition) is 5. The SMILES string of the molecule is Cn1ccc(-c2noc(-c3cc(O)ccc3Cl)n2)n1. The molecule has 7 heteroatoms. The van der Waals surface area contributed by atoms with E-state index < -0.39 is 0 Å². The van der Waals surface area contributed by atoms with Gasteiger partial charge in [-0.1, -0.05) is 16.8 Å². The van der Waals surface area contributed by atoms with Crippen molar-refractivity contribution >= 4 is 11.6 Å². The van der Waals surface area contributed by atoms with Crippen LogP contribution in [0.15, 0.2) is 35.0 Å². The number of benzene rings is 1. The van der Waals surface area contributed by atoms with E-state index >= 15 is 0 Å². The number of aromatic nitrogens is 4. The molecule has 0 unspecified atom stereocenters. The molecule has 2 aromatic heterocycles. The highest BCUT2D eigenvalue weighted by atomic mass is 35.5. The Kier molecular flexibility index (Phi) is 2.72. The van der Waals surface area contributed by atoms with Gasteiger partial charge in [0.05, 0.1) is 10.6 Å². The highest BCUT2D eigenvalue weighted by molar-refractivity contribution is 6.33. The van der Waals surface area contributed by atoms with Crippen LogP contribution < -0.4 is 0 Å². The van der Waals surface area contributed by atoms with Gasteiger partial charge in [-0.3, -0.25) is 4.68 Å². The van der Waals surface area contributed by atoms with Crippen molar-refractivity contribution < 1.29 is 9.63 Å². The maximum atomic E-state index is 9.46. The molecule has 0 saturated carbocycles. The van der Waals surface area contributed by atoms with Crippen LogP contribution in [0.4, 0.5) is 0 Å². The topological polar surface area (TPSA) is 77.0 Å². The third-order valence-corrected chi connectivity index (χ3v) is 2.88. The van der Waals surface area contributed by atoms with Gasteiger partial charge in [-0.2, -0.15) is 10.1 Å². The van der Waals surface area contributed by atoms with Crippen molar-refractivity contribution in [3.63, 3.8) is 0 Å². The summed E-state index contributed by atoms with van der Waals surface area (Å²) in [6.45, 7) is 0. The lowest BCUT2D eigenvalue weighted by molar-refractivity contribution is 0.431. The van der Waals surface area contributed by atoms with Crippen LogP contribution in [0.2, 0.25) is 5.02 Å². The molecule has 1 aromatic carbocycles. The number of nitrogens with zero attached hydrogens (tertiary/aromatic N) is 4. The van der Waals surface area contributed by atoms with Gasteiger partial charge in [0.1, 0.15) is 11.4 Å². The summed E-state index contributed by atoms with van der Waals surface area (Å²) in [6, 6.07) is 6.30. The molecular weight excluding hydrogens is 268 g/mol. The molecule has 0 radical (unpaired) electrons. The monoisotopic (exact) mass is 276 g/mol. The highest BCUT2D eigenvalue weighted by Gasteiger charge is 2.15. The molecule has 3 aromatic rings. The minimum atomic E-state index is 0.0805. The van der Waals surface area contributed by atoms with Gasteiger partial charge >= 0.3 is 0 Å². The van der Waals surface area contributed by atoms with Gasteiger partial charge in [0.15, 0.2) is 0 Å². The summed E-state index contributed by atoms with van der Waals surface area (Å²) in [5.41, 5.74) is 1.09. The van der Waals surface area contributed by atoms with Gasteiger partial charge in [0.2, 0.25) is 5.82 Å². The van der Waals surface area contributed by atoms with E-state index in [1.807, 2.05) is 0 Å². The molecule has 0 aliphatic carbocycles. The first kappa shape index (κ1) is 11.7. The zero-order chi connectivity index (χ0) is 13.4. The van der Waals surface area contributed by atoms with Gasteiger partial charge < -0.3 is 9.63 Å². The Balaban J connectivity index is 2.03. The number of halogens is 1. The second-order valence-electron chi connectivity index (χ2n) is 3.96. The summed E-state index contributed by atoms with van der Waals surface area (Å²) in [5, 5.41) is 17.9. The van der Waals surface area contributed by atoms with Crippen molar-refractivity contribution in [2.75, 3.05) is 0 Å². The third-order valence-electron chi connectivity index (χ3n) is 2.55. The fraction of sp³-hybridized carbons (Fsp3) is 0.0833. The average Bonchev–Trinajstić information content (AvgIpc) is 3.00. The minimum Gasteiger partial charge on any atom is -0.508 e. The van der Waals surface area contributed by atoms with Crippen molar-refractivity contribution in [1.82, 2.24) is 19.9 Å². The van der Waals surface area contributed by atoms with Crippen LogP contribution in [0, 0.1) is 0 Å². The molecule has 0 aliphatic heterocycles. The third kappa shape index (κ3) is 2.17. The first-order valence-electron chi connectivity index (χ1n) is 5.46. The standard InChI is InChI=1S/C12H9ClN4O2/c1-17-5-4-10(15-17)11-14-12(19-16-11)8-6-7(18)2-3-9(8)13/h2-6,18H,1H3. The molecule has 0 amide bonds. The van der Waals surface area contributed by atoms with Crippen molar-refractivity contribution in [3.05, 3.63) is 35.5 Å². The lowest BCUT2D eigenvalue weighted by Crippen LogP contribution is -1.88. The van der Waals surface area contributed by atoms with E-state index in [0.717, 1.165) is 0 Å². The molecule has 0 bridgehead atoms. The number of rotatable bonds is 2. The van der Waals surface area contributed by atoms with E-state index in [0.29, 0.717) is 22.1 Å². The van der Waals surface area contributed by atoms with Crippen molar-refractivity contribution in [1.29, 1.82) is 0 Å². The Morgan fingerprint density at radius 2 is 2.16 bits per heavy atom. The minimum absolute atomic E-state index is 0.0805. The second-order valence-corrected chi connectivity index (χ2v) is 4.37. The summed E-state index contributed by atoms with van der Waals surface area (Å²) in [6.07, 6.45) is 1.78. The first-order valence-corrected chi connectivity index (χ1v) is 5.84. The molecule has 2 heterocycles. The Hall–Kier alpha value is -2.34. The van der Waals surface area contributed by atoms with E-state index in [1.54, 1.807) is 30.1 Å². The fourth-order valence-corrected chi connectivity index (χ4v) is 1.85. The maximum absolute atomic E-state index is 9.46. The van der Waals surface area contributed by atoms with E-state index in [4.69, 9.17) is 16.1 Å². The van der Waals surface area contributed by atoms with Crippen molar-refractivity contribution in [2.45, 2.75) is 0 Å². The van der Waals surface area contributed by atoms with Gasteiger partial charge in [-0.25, -0.2) is 0 Å². The molecule has 0 fully saturated rings. The zero-order valence-electron chi connectivity index (χ0n) is 9.91. The molecule has 1 N–H and O–H groups in total. The zero-order valence-corrected chi connectivity index (χ0v) is 10.7. The number of phenols is 1. The molecule has 6 nitrogen and oxygen atoms in total. The Labute approximate surface area is 113 Å². The highest BCUT2D eigenvalue weighted by Crippen LogP contribution is 2.30. The number of aryl methyl sites for hydroxylation is 1. The van der Waals surface area contributed by atoms with E-state index in [9.17, 15) is 5.11 Å². The van der Waals surface area contributed by atoms with E-state index in [2.05, 4.69) is 15.2 Å². The van der Waals surface area contributed by atoms with Gasteiger partial charge in [0, 0.05) is 13.2 Å². The van der Waals surface area contributed by atoms with Gasteiger partial charge in [0.25, 0.3) is 5.89 Å². The normalized spacial score (nSPS) is 10.8. The summed E-state index contributed by atoms with van der Waals surface area (Å²) in [4.78, 5) is 4.22. The molecular formula is C12H9ClN4O2. The fourth-order valence-electron chi connectivity index (χ4n) is 1.65. The molecule has 96 valence electrons. The van der Waals surface area contributed by atoms with Crippen LogP contribution in [-0.4, -0.2) is 25.0 Å². The summed E-state index contributed by atoms with van der Waals surface area (Å²) >= 11 is 6.03. The molecule has 0 saturated heterocycles. The van der Waals surface area contributed by atoms with Crippen LogP contribution in [-0.2, 0) is 7.05 Å². The summed E-state index contributed by atoms with van der Waals surface area (Å²) in [5.74, 6) is 0.688. The van der Waals surface area contributed by atoms with Crippen molar-refractivity contribution in [3.8, 4) is 28.7 Å². The van der Waals surface area contributed by atoms with E-state index in [1.165, 1.54) is 12.1 Å². The lowest BCUT2D eigenvalue weighted by atomic mass is 10.2. The van der Waals surface area contributed by atoms with Crippen LogP contribution in [0.3, 0.4) is 0 Å². The lowest BCUT2D eigenvalue weighted by Gasteiger charge is -1.98. The number of hydrogen-bond donors (Lipinski definition) is 1. The van der Waals surface area contributed by atoms with Crippen LogP contribution in [0.5, 0.6) is 5.75 Å². The van der Waals surface area contributed by atoms with Crippen LogP contribution in [0.1, 0.15) is 0 Å². The number of phenolic OH excluding ortho intramolecular Hbond substituents is 1. The van der Waals surface area contributed by atoms with E-state index in [-0.39, 0.29) is 11.6 Å². The molecule has 0 spiro atoms. The van der Waals surface area contributed by atoms with Crippen LogP contribution >= 0.6 is 11.6 Å². The first-order chi connectivity index (χ1) is 9.13. The predicted octanol–water partition coefficient (Wildman–Crippen LogP) is 2.50. The Bertz CT molecular complexity index is 735. The maximum Gasteiger partial charge on any atom is 0.259 e. The Morgan fingerprint density at radius 3 is 2.89 bits per heavy atom. The molecule has 19 heavy (non-hydrogen) atoms. The molecule has 0 atom stereocenters. The average molecular weight is 277 g/mol. The molecule has 3 rings (SSSR count). The van der Waals surface area contributed by atoms with Gasteiger partial charge in [-0.15, -0.1) is 0 Å². The second kappa shape index (κ2) is 4.40. The number of aromatic hydroxyl groups is 1. The summed E-state index contributed by atoms with van der Waals surface area (Å²) in [7, 11) is 1.80. The summed E-state index contributed by atoms with van der Waals surface area (Å²) < 4.78 is 6.79. The Morgan fingerprint density at radius 1 is 1.32 bits per heavy atom. The predicted molar refractivity (Wildman–Crippen MR) is 68.6 cm³/mol. The smallest absolute Gasteiger partial charge is 0.259 e. The quantitative estimate of drug-likeness (QED) is 0.778. The van der Waals surface area contributed by atoms with Crippen LogP contribution in [0.25, 0.3) is 23.0 Å². The largest absolute Gasteiger partial charge is 0.508 e. The van der Waals surface area contributed by atoms with Gasteiger partial charge in [-0.05, 0) is 24.3 Å².